The van der Waals surface area contributed by atoms with Gasteiger partial charge in [-0.05, 0) is 31.9 Å². The summed E-state index contributed by atoms with van der Waals surface area (Å²) in [6, 6.07) is 7.68. The number of benzene rings is 1. The van der Waals surface area contributed by atoms with Crippen LogP contribution in [0.2, 0.25) is 0 Å². The van der Waals surface area contributed by atoms with Gasteiger partial charge in [0.2, 0.25) is 5.89 Å². The van der Waals surface area contributed by atoms with E-state index < -0.39 is 5.97 Å². The second kappa shape index (κ2) is 6.24. The molecule has 0 radical (unpaired) electrons. The topological polar surface area (TPSA) is 72.6 Å². The fraction of sp³-hybridized carbons (Fsp3) is 0.353. The zero-order valence-corrected chi connectivity index (χ0v) is 13.1. The van der Waals surface area contributed by atoms with Gasteiger partial charge in [0, 0.05) is 11.6 Å². The van der Waals surface area contributed by atoms with Crippen molar-refractivity contribution < 1.29 is 18.7 Å². The fourth-order valence-corrected chi connectivity index (χ4v) is 2.34. The minimum absolute atomic E-state index is 0.0506. The van der Waals surface area contributed by atoms with Gasteiger partial charge in [-0.3, -0.25) is 4.79 Å². The Morgan fingerprint density at radius 2 is 2.00 bits per heavy atom. The van der Waals surface area contributed by atoms with Crippen molar-refractivity contribution in [1.29, 1.82) is 0 Å². The maximum Gasteiger partial charge on any atom is 0.360 e. The quantitative estimate of drug-likeness (QED) is 0.793. The Bertz CT molecular complexity index is 716. The summed E-state index contributed by atoms with van der Waals surface area (Å²) >= 11 is 0. The first kappa shape index (κ1) is 15.3. The molecule has 0 spiro atoms. The van der Waals surface area contributed by atoms with Crippen molar-refractivity contribution >= 4 is 11.9 Å². The van der Waals surface area contributed by atoms with Crippen LogP contribution in [0.1, 0.15) is 45.1 Å². The number of amides is 1. The molecule has 1 saturated carbocycles. The number of nitrogens with zero attached hydrogens (tertiary/aromatic N) is 2. The van der Waals surface area contributed by atoms with E-state index in [-0.39, 0.29) is 24.2 Å². The van der Waals surface area contributed by atoms with Gasteiger partial charge in [-0.1, -0.05) is 17.7 Å². The highest BCUT2D eigenvalue weighted by molar-refractivity contribution is 5.94. The average Bonchev–Trinajstić information content (AvgIpc) is 3.30. The summed E-state index contributed by atoms with van der Waals surface area (Å²) in [6.07, 6.45) is 3.20. The average molecular weight is 314 g/mol. The lowest BCUT2D eigenvalue weighted by Gasteiger charge is -2.20. The van der Waals surface area contributed by atoms with Crippen molar-refractivity contribution in [2.75, 3.05) is 7.11 Å². The molecular formula is C17H18N2O4. The molecule has 1 heterocycles. The fourth-order valence-electron chi connectivity index (χ4n) is 2.34. The van der Waals surface area contributed by atoms with Crippen LogP contribution in [0.4, 0.5) is 0 Å². The SMILES string of the molecule is COC(=O)c1coc(CN(C(=O)c2ccc(C)cc2)C2CC2)n1. The van der Waals surface area contributed by atoms with E-state index in [0.717, 1.165) is 18.4 Å². The molecule has 1 amide bonds. The van der Waals surface area contributed by atoms with Crippen LogP contribution in [-0.4, -0.2) is 34.9 Å². The van der Waals surface area contributed by atoms with Crippen LogP contribution < -0.4 is 0 Å². The Balaban J connectivity index is 1.77. The first-order chi connectivity index (χ1) is 11.1. The number of esters is 1. The highest BCUT2D eigenvalue weighted by Gasteiger charge is 2.34. The van der Waals surface area contributed by atoms with E-state index in [1.54, 1.807) is 4.90 Å². The van der Waals surface area contributed by atoms with E-state index >= 15 is 0 Å². The maximum atomic E-state index is 12.7. The van der Waals surface area contributed by atoms with Gasteiger partial charge in [0.05, 0.1) is 13.7 Å². The van der Waals surface area contributed by atoms with Gasteiger partial charge >= 0.3 is 5.97 Å². The summed E-state index contributed by atoms with van der Waals surface area (Å²) in [5.41, 5.74) is 1.86. The minimum atomic E-state index is -0.553. The molecule has 3 rings (SSSR count). The summed E-state index contributed by atoms with van der Waals surface area (Å²) in [7, 11) is 1.29. The molecule has 0 N–H and O–H groups in total. The molecule has 23 heavy (non-hydrogen) atoms. The molecule has 0 bridgehead atoms. The molecule has 1 aliphatic carbocycles. The molecule has 1 fully saturated rings. The number of oxazole rings is 1. The number of carbonyl (C=O) groups is 2. The van der Waals surface area contributed by atoms with Gasteiger partial charge < -0.3 is 14.1 Å². The number of rotatable bonds is 5. The van der Waals surface area contributed by atoms with E-state index in [0.29, 0.717) is 11.5 Å². The summed E-state index contributed by atoms with van der Waals surface area (Å²) in [4.78, 5) is 30.0. The number of aryl methyl sites for hydroxylation is 1. The molecule has 1 aromatic heterocycles. The number of ether oxygens (including phenoxy) is 1. The van der Waals surface area contributed by atoms with E-state index in [9.17, 15) is 9.59 Å². The monoisotopic (exact) mass is 314 g/mol. The third-order valence-corrected chi connectivity index (χ3v) is 3.80. The Hall–Kier alpha value is -2.63. The van der Waals surface area contributed by atoms with Crippen LogP contribution in [-0.2, 0) is 11.3 Å². The van der Waals surface area contributed by atoms with Crippen molar-refractivity contribution in [2.24, 2.45) is 0 Å². The van der Waals surface area contributed by atoms with Crippen molar-refractivity contribution in [3.05, 3.63) is 53.2 Å². The van der Waals surface area contributed by atoms with Crippen molar-refractivity contribution in [2.45, 2.75) is 32.4 Å². The van der Waals surface area contributed by atoms with Gasteiger partial charge in [-0.15, -0.1) is 0 Å². The van der Waals surface area contributed by atoms with Gasteiger partial charge in [0.1, 0.15) is 6.26 Å². The molecule has 0 aliphatic heterocycles. The largest absolute Gasteiger partial charge is 0.464 e. The molecule has 120 valence electrons. The van der Waals surface area contributed by atoms with Crippen LogP contribution in [0.3, 0.4) is 0 Å². The predicted octanol–water partition coefficient (Wildman–Crippen LogP) is 2.57. The van der Waals surface area contributed by atoms with Gasteiger partial charge in [-0.25, -0.2) is 9.78 Å². The molecular weight excluding hydrogens is 296 g/mol. The summed E-state index contributed by atoms with van der Waals surface area (Å²) in [5.74, 6) is -0.272. The molecule has 0 saturated heterocycles. The first-order valence-electron chi connectivity index (χ1n) is 7.49. The molecule has 2 aromatic rings. The number of hydrogen-bond donors (Lipinski definition) is 0. The normalized spacial score (nSPS) is 13.7. The Morgan fingerprint density at radius 3 is 2.61 bits per heavy atom. The summed E-state index contributed by atoms with van der Waals surface area (Å²) < 4.78 is 9.90. The zero-order chi connectivity index (χ0) is 16.4. The lowest BCUT2D eigenvalue weighted by atomic mass is 10.1. The number of aromatic nitrogens is 1. The van der Waals surface area contributed by atoms with Crippen molar-refractivity contribution in [3.63, 3.8) is 0 Å². The molecule has 6 nitrogen and oxygen atoms in total. The maximum absolute atomic E-state index is 12.7. The smallest absolute Gasteiger partial charge is 0.360 e. The number of hydrogen-bond acceptors (Lipinski definition) is 5. The standard InChI is InChI=1S/C17H18N2O4/c1-11-3-5-12(6-4-11)16(20)19(13-7-8-13)9-15-18-14(10-23-15)17(21)22-2/h3-6,10,13H,7-9H2,1-2H3. The van der Waals surface area contributed by atoms with Crippen LogP contribution in [0.5, 0.6) is 0 Å². The van der Waals surface area contributed by atoms with Gasteiger partial charge in [0.15, 0.2) is 5.69 Å². The Morgan fingerprint density at radius 1 is 1.30 bits per heavy atom. The predicted molar refractivity (Wildman–Crippen MR) is 81.9 cm³/mol. The first-order valence-corrected chi connectivity index (χ1v) is 7.49. The van der Waals surface area contributed by atoms with Crippen LogP contribution in [0, 0.1) is 6.92 Å². The minimum Gasteiger partial charge on any atom is -0.464 e. The lowest BCUT2D eigenvalue weighted by Crippen LogP contribution is -2.32. The number of carbonyl (C=O) groups excluding carboxylic acids is 2. The lowest BCUT2D eigenvalue weighted by molar-refractivity contribution is 0.0594. The third kappa shape index (κ3) is 3.41. The number of methoxy groups -OCH3 is 1. The van der Waals surface area contributed by atoms with Crippen LogP contribution in [0.15, 0.2) is 34.9 Å². The van der Waals surface area contributed by atoms with Crippen molar-refractivity contribution in [3.8, 4) is 0 Å². The summed E-state index contributed by atoms with van der Waals surface area (Å²) in [6.45, 7) is 2.22. The van der Waals surface area contributed by atoms with Gasteiger partial charge in [-0.2, -0.15) is 0 Å². The second-order valence-corrected chi connectivity index (χ2v) is 5.65. The highest BCUT2D eigenvalue weighted by atomic mass is 16.5. The van der Waals surface area contributed by atoms with Crippen LogP contribution >= 0.6 is 0 Å². The zero-order valence-electron chi connectivity index (χ0n) is 13.1. The van der Waals surface area contributed by atoms with Crippen molar-refractivity contribution in [1.82, 2.24) is 9.88 Å². The van der Waals surface area contributed by atoms with E-state index in [4.69, 9.17) is 4.42 Å². The van der Waals surface area contributed by atoms with Crippen LogP contribution in [0.25, 0.3) is 0 Å². The van der Waals surface area contributed by atoms with E-state index in [2.05, 4.69) is 9.72 Å². The molecule has 0 unspecified atom stereocenters. The third-order valence-electron chi connectivity index (χ3n) is 3.80. The highest BCUT2D eigenvalue weighted by Crippen LogP contribution is 2.29. The molecule has 1 aromatic carbocycles. The summed E-state index contributed by atoms with van der Waals surface area (Å²) in [5, 5.41) is 0. The Kier molecular flexibility index (Phi) is 4.14. The van der Waals surface area contributed by atoms with E-state index in [1.165, 1.54) is 13.4 Å². The van der Waals surface area contributed by atoms with Gasteiger partial charge in [0.25, 0.3) is 5.91 Å². The van der Waals surface area contributed by atoms with E-state index in [1.807, 2.05) is 31.2 Å². The Labute approximate surface area is 134 Å². The molecule has 1 aliphatic rings. The molecule has 0 atom stereocenters. The molecule has 6 heteroatoms. The second-order valence-electron chi connectivity index (χ2n) is 5.65.